The predicted molar refractivity (Wildman–Crippen MR) is 91.9 cm³/mol. The third-order valence-corrected chi connectivity index (χ3v) is 3.31. The highest BCUT2D eigenvalue weighted by atomic mass is 16.5. The van der Waals surface area contributed by atoms with Gasteiger partial charge < -0.3 is 14.8 Å². The number of carbonyl (C=O) groups is 2. The normalized spacial score (nSPS) is 11.4. The molecular weight excluding hydrogens is 306 g/mol. The Kier molecular flexibility index (Phi) is 6.37. The van der Waals surface area contributed by atoms with E-state index in [-0.39, 0.29) is 18.9 Å². The van der Waals surface area contributed by atoms with E-state index < -0.39 is 12.1 Å². The number of carbonyl (C=O) groups excluding carboxylic acids is 2. The smallest absolute Gasteiger partial charge is 0.310 e. The second-order valence-electron chi connectivity index (χ2n) is 5.40. The molecule has 0 aromatic heterocycles. The Labute approximate surface area is 141 Å². The van der Waals surface area contributed by atoms with Crippen LogP contribution in [0.1, 0.15) is 18.9 Å². The number of anilines is 1. The molecular formula is C19H21NO4. The third-order valence-electron chi connectivity index (χ3n) is 3.31. The topological polar surface area (TPSA) is 64.6 Å². The Morgan fingerprint density at radius 2 is 1.71 bits per heavy atom. The molecule has 24 heavy (non-hydrogen) atoms. The number of hydrogen-bond donors (Lipinski definition) is 1. The van der Waals surface area contributed by atoms with Gasteiger partial charge in [0.2, 0.25) is 0 Å². The number of aryl methyl sites for hydroxylation is 1. The molecule has 0 heterocycles. The maximum atomic E-state index is 12.0. The van der Waals surface area contributed by atoms with Crippen molar-refractivity contribution >= 4 is 17.6 Å². The first kappa shape index (κ1) is 17.5. The summed E-state index contributed by atoms with van der Waals surface area (Å²) in [6.07, 6.45) is -0.785. The third kappa shape index (κ3) is 5.76. The maximum absolute atomic E-state index is 12.0. The van der Waals surface area contributed by atoms with Crippen LogP contribution in [-0.2, 0) is 14.3 Å². The molecule has 0 unspecified atom stereocenters. The number of rotatable bonds is 7. The van der Waals surface area contributed by atoms with Crippen LogP contribution in [0.3, 0.4) is 0 Å². The molecule has 0 aliphatic heterocycles. The molecule has 5 nitrogen and oxygen atoms in total. The zero-order chi connectivity index (χ0) is 17.4. The highest BCUT2D eigenvalue weighted by molar-refractivity contribution is 5.95. The van der Waals surface area contributed by atoms with Crippen LogP contribution in [0.4, 0.5) is 5.69 Å². The van der Waals surface area contributed by atoms with Crippen molar-refractivity contribution in [1.82, 2.24) is 0 Å². The fourth-order valence-corrected chi connectivity index (χ4v) is 1.96. The van der Waals surface area contributed by atoms with Crippen molar-refractivity contribution in [3.05, 3.63) is 60.2 Å². The highest BCUT2D eigenvalue weighted by Gasteiger charge is 2.17. The molecule has 0 bridgehead atoms. The summed E-state index contributed by atoms with van der Waals surface area (Å²) in [6, 6.07) is 16.6. The van der Waals surface area contributed by atoms with Gasteiger partial charge in [-0.05, 0) is 38.1 Å². The van der Waals surface area contributed by atoms with Crippen molar-refractivity contribution in [2.75, 3.05) is 11.9 Å². The van der Waals surface area contributed by atoms with Crippen molar-refractivity contribution in [2.24, 2.45) is 0 Å². The first-order valence-corrected chi connectivity index (χ1v) is 7.79. The number of hydrogen-bond acceptors (Lipinski definition) is 4. The summed E-state index contributed by atoms with van der Waals surface area (Å²) in [6.45, 7) is 3.71. The first-order chi connectivity index (χ1) is 11.5. The van der Waals surface area contributed by atoms with Gasteiger partial charge in [0.05, 0.1) is 13.0 Å². The van der Waals surface area contributed by atoms with E-state index in [1.165, 1.54) is 0 Å². The van der Waals surface area contributed by atoms with Gasteiger partial charge in [-0.2, -0.15) is 0 Å². The molecule has 2 aromatic carbocycles. The van der Waals surface area contributed by atoms with Crippen molar-refractivity contribution in [2.45, 2.75) is 26.4 Å². The molecule has 0 fully saturated rings. The quantitative estimate of drug-likeness (QED) is 0.792. The van der Waals surface area contributed by atoms with Gasteiger partial charge in [-0.3, -0.25) is 9.59 Å². The SMILES string of the molecule is Cc1ccc(NC(=O)[C@H](C)OC(=O)CCOc2ccccc2)cc1. The van der Waals surface area contributed by atoms with Gasteiger partial charge >= 0.3 is 5.97 Å². The average Bonchev–Trinajstić information content (AvgIpc) is 2.58. The minimum Gasteiger partial charge on any atom is -0.493 e. The number of esters is 1. The Morgan fingerprint density at radius 3 is 2.38 bits per heavy atom. The van der Waals surface area contributed by atoms with E-state index in [0.717, 1.165) is 5.56 Å². The number of benzene rings is 2. The van der Waals surface area contributed by atoms with E-state index in [0.29, 0.717) is 11.4 Å². The molecule has 1 atom stereocenters. The summed E-state index contributed by atoms with van der Waals surface area (Å²) in [5.41, 5.74) is 1.77. The van der Waals surface area contributed by atoms with Gasteiger partial charge in [-0.15, -0.1) is 0 Å². The van der Waals surface area contributed by atoms with Gasteiger partial charge in [-0.25, -0.2) is 0 Å². The zero-order valence-corrected chi connectivity index (χ0v) is 13.8. The molecule has 1 amide bonds. The fourth-order valence-electron chi connectivity index (χ4n) is 1.96. The average molecular weight is 327 g/mol. The summed E-state index contributed by atoms with van der Waals surface area (Å²) in [4.78, 5) is 23.8. The second kappa shape index (κ2) is 8.72. The lowest BCUT2D eigenvalue weighted by atomic mass is 10.2. The number of para-hydroxylation sites is 1. The van der Waals surface area contributed by atoms with E-state index in [9.17, 15) is 9.59 Å². The van der Waals surface area contributed by atoms with E-state index in [2.05, 4.69) is 5.32 Å². The molecule has 0 radical (unpaired) electrons. The van der Waals surface area contributed by atoms with Gasteiger partial charge in [0.1, 0.15) is 5.75 Å². The lowest BCUT2D eigenvalue weighted by Gasteiger charge is -2.14. The lowest BCUT2D eigenvalue weighted by molar-refractivity contribution is -0.153. The van der Waals surface area contributed by atoms with Crippen LogP contribution >= 0.6 is 0 Å². The standard InChI is InChI=1S/C19H21NO4/c1-14-8-10-16(11-9-14)20-19(22)15(2)24-18(21)12-13-23-17-6-4-3-5-7-17/h3-11,15H,12-13H2,1-2H3,(H,20,22)/t15-/m0/s1. The summed E-state index contributed by atoms with van der Waals surface area (Å²) < 4.78 is 10.5. The Morgan fingerprint density at radius 1 is 1.04 bits per heavy atom. The number of ether oxygens (including phenoxy) is 2. The van der Waals surface area contributed by atoms with Crippen molar-refractivity contribution in [3.63, 3.8) is 0 Å². The van der Waals surface area contributed by atoms with Crippen LogP contribution in [0.25, 0.3) is 0 Å². The van der Waals surface area contributed by atoms with Gasteiger partial charge in [0.15, 0.2) is 6.10 Å². The van der Waals surface area contributed by atoms with E-state index in [1.807, 2.05) is 49.4 Å². The Hall–Kier alpha value is -2.82. The monoisotopic (exact) mass is 327 g/mol. The van der Waals surface area contributed by atoms with Crippen LogP contribution in [0.5, 0.6) is 5.75 Å². The molecule has 0 spiro atoms. The van der Waals surface area contributed by atoms with Crippen LogP contribution in [0, 0.1) is 6.92 Å². The Balaban J connectivity index is 1.72. The van der Waals surface area contributed by atoms with Crippen molar-refractivity contribution in [3.8, 4) is 5.75 Å². The molecule has 0 saturated heterocycles. The molecule has 2 aromatic rings. The summed E-state index contributed by atoms with van der Waals surface area (Å²) in [5, 5.41) is 2.71. The predicted octanol–water partition coefficient (Wildman–Crippen LogP) is 3.33. The second-order valence-corrected chi connectivity index (χ2v) is 5.40. The number of nitrogens with one attached hydrogen (secondary N) is 1. The lowest BCUT2D eigenvalue weighted by Crippen LogP contribution is -2.30. The first-order valence-electron chi connectivity index (χ1n) is 7.79. The maximum Gasteiger partial charge on any atom is 0.310 e. The van der Waals surface area contributed by atoms with Crippen LogP contribution in [0.2, 0.25) is 0 Å². The zero-order valence-electron chi connectivity index (χ0n) is 13.8. The van der Waals surface area contributed by atoms with E-state index >= 15 is 0 Å². The minimum atomic E-state index is -0.865. The molecule has 0 aliphatic carbocycles. The summed E-state index contributed by atoms with van der Waals surface area (Å²) in [7, 11) is 0. The molecule has 0 aliphatic rings. The van der Waals surface area contributed by atoms with Crippen LogP contribution in [-0.4, -0.2) is 24.6 Å². The molecule has 2 rings (SSSR count). The summed E-state index contributed by atoms with van der Waals surface area (Å²) in [5.74, 6) is -0.149. The molecule has 126 valence electrons. The molecule has 1 N–H and O–H groups in total. The minimum absolute atomic E-state index is 0.0804. The summed E-state index contributed by atoms with van der Waals surface area (Å²) >= 11 is 0. The van der Waals surface area contributed by atoms with Gasteiger partial charge in [0.25, 0.3) is 5.91 Å². The van der Waals surface area contributed by atoms with Crippen LogP contribution < -0.4 is 10.1 Å². The highest BCUT2D eigenvalue weighted by Crippen LogP contribution is 2.11. The van der Waals surface area contributed by atoms with E-state index in [4.69, 9.17) is 9.47 Å². The van der Waals surface area contributed by atoms with Crippen molar-refractivity contribution < 1.29 is 19.1 Å². The molecule has 0 saturated carbocycles. The van der Waals surface area contributed by atoms with E-state index in [1.54, 1.807) is 19.1 Å². The molecule has 5 heteroatoms. The van der Waals surface area contributed by atoms with Crippen LogP contribution in [0.15, 0.2) is 54.6 Å². The largest absolute Gasteiger partial charge is 0.493 e. The number of amides is 1. The van der Waals surface area contributed by atoms with Crippen molar-refractivity contribution in [1.29, 1.82) is 0 Å². The Bertz CT molecular complexity index is 668. The van der Waals surface area contributed by atoms with Gasteiger partial charge in [0, 0.05) is 5.69 Å². The van der Waals surface area contributed by atoms with Gasteiger partial charge in [-0.1, -0.05) is 35.9 Å². The fraction of sp³-hybridized carbons (Fsp3) is 0.263.